The molecule has 0 saturated carbocycles. The molecule has 1 N–H and O–H groups in total. The summed E-state index contributed by atoms with van der Waals surface area (Å²) in [4.78, 5) is 0.375. The molecule has 3 nitrogen and oxygen atoms in total. The molecular weight excluding hydrogens is 450 g/mol. The van der Waals surface area contributed by atoms with Crippen molar-refractivity contribution in [2.24, 2.45) is 0 Å². The molecule has 0 bridgehead atoms. The van der Waals surface area contributed by atoms with Gasteiger partial charge in [0.05, 0.1) is 10.6 Å². The van der Waals surface area contributed by atoms with Gasteiger partial charge in [-0.05, 0) is 55.1 Å². The van der Waals surface area contributed by atoms with Crippen molar-refractivity contribution in [1.29, 1.82) is 0 Å². The maximum Gasteiger partial charge on any atom is 0.179 e. The van der Waals surface area contributed by atoms with E-state index in [1.165, 1.54) is 5.56 Å². The fourth-order valence-corrected chi connectivity index (χ4v) is 6.11. The third-order valence-corrected chi connectivity index (χ3v) is 8.21. The Bertz CT molecular complexity index is 1270. The zero-order chi connectivity index (χ0) is 24.5. The molecule has 4 heteroatoms. The van der Waals surface area contributed by atoms with Crippen molar-refractivity contribution in [1.82, 2.24) is 5.32 Å². The number of aryl methyl sites for hydroxylation is 2. The fraction of sp³-hybridized carbons (Fsp3) is 0.226. The molecule has 0 radical (unpaired) electrons. The topological polar surface area (TPSA) is 46.2 Å². The summed E-state index contributed by atoms with van der Waals surface area (Å²) in [5.41, 5.74) is 4.48. The maximum atomic E-state index is 13.6. The van der Waals surface area contributed by atoms with E-state index in [-0.39, 0.29) is 17.7 Å². The normalized spacial score (nSPS) is 13.3. The van der Waals surface area contributed by atoms with Crippen molar-refractivity contribution in [3.8, 4) is 0 Å². The number of hydrogen-bond acceptors (Lipinski definition) is 3. The summed E-state index contributed by atoms with van der Waals surface area (Å²) in [5.74, 6) is -0.202. The van der Waals surface area contributed by atoms with Crippen LogP contribution in [-0.4, -0.2) is 20.7 Å². The molecule has 4 aromatic rings. The van der Waals surface area contributed by atoms with Crippen LogP contribution in [-0.2, 0) is 16.3 Å². The summed E-state index contributed by atoms with van der Waals surface area (Å²) in [5, 5.41) is 3.72. The monoisotopic (exact) mass is 483 g/mol. The van der Waals surface area contributed by atoms with Gasteiger partial charge in [0.2, 0.25) is 0 Å². The Hall–Kier alpha value is -3.21. The van der Waals surface area contributed by atoms with Crippen molar-refractivity contribution < 1.29 is 8.42 Å². The Morgan fingerprint density at radius 1 is 0.686 bits per heavy atom. The zero-order valence-corrected chi connectivity index (χ0v) is 21.0. The molecule has 0 saturated heterocycles. The standard InChI is InChI=1S/C31H33NO2S/c1-25-19-21-29(22-20-25)35(33,34)24-30(27-15-7-3-8-16-27)31(28-17-9-4-10-18-28)32-23-11-14-26-12-5-2-6-13-26/h2-10,12-13,15-22,30-32H,11,14,23-24H2,1H3/t30-,31-/m1/s1. The van der Waals surface area contributed by atoms with Crippen LogP contribution in [0.3, 0.4) is 0 Å². The van der Waals surface area contributed by atoms with Crippen molar-refractivity contribution in [2.45, 2.75) is 36.6 Å². The Morgan fingerprint density at radius 2 is 1.23 bits per heavy atom. The second-order valence-electron chi connectivity index (χ2n) is 9.04. The van der Waals surface area contributed by atoms with Crippen LogP contribution in [0.5, 0.6) is 0 Å². The largest absolute Gasteiger partial charge is 0.309 e. The van der Waals surface area contributed by atoms with E-state index in [1.54, 1.807) is 12.1 Å². The molecule has 180 valence electrons. The number of hydrogen-bond donors (Lipinski definition) is 1. The summed E-state index contributed by atoms with van der Waals surface area (Å²) in [7, 11) is -3.49. The van der Waals surface area contributed by atoms with Crippen LogP contribution in [0.1, 0.15) is 40.6 Å². The van der Waals surface area contributed by atoms with Gasteiger partial charge in [-0.2, -0.15) is 0 Å². The first-order chi connectivity index (χ1) is 17.0. The lowest BCUT2D eigenvalue weighted by Crippen LogP contribution is -2.32. The molecule has 0 spiro atoms. The Labute approximate surface area is 209 Å². The number of nitrogens with one attached hydrogen (secondary N) is 1. The Kier molecular flexibility index (Phi) is 8.51. The summed E-state index contributed by atoms with van der Waals surface area (Å²) in [6, 6.07) is 37.7. The molecule has 2 atom stereocenters. The van der Waals surface area contributed by atoms with Gasteiger partial charge >= 0.3 is 0 Å². The molecule has 0 aliphatic heterocycles. The number of sulfone groups is 1. The summed E-state index contributed by atoms with van der Waals surface area (Å²) in [6.45, 7) is 2.76. The van der Waals surface area contributed by atoms with Gasteiger partial charge in [0.25, 0.3) is 0 Å². The first-order valence-electron chi connectivity index (χ1n) is 12.2. The van der Waals surface area contributed by atoms with Crippen molar-refractivity contribution >= 4 is 9.84 Å². The molecule has 0 aromatic heterocycles. The van der Waals surface area contributed by atoms with Crippen LogP contribution < -0.4 is 5.32 Å². The van der Waals surface area contributed by atoms with E-state index < -0.39 is 9.84 Å². The van der Waals surface area contributed by atoms with Crippen molar-refractivity contribution in [3.05, 3.63) is 138 Å². The van der Waals surface area contributed by atoms with Crippen molar-refractivity contribution in [2.75, 3.05) is 12.3 Å². The highest BCUT2D eigenvalue weighted by Gasteiger charge is 2.30. The lowest BCUT2D eigenvalue weighted by Gasteiger charge is -2.29. The van der Waals surface area contributed by atoms with E-state index in [2.05, 4.69) is 41.7 Å². The predicted octanol–water partition coefficient (Wildman–Crippen LogP) is 6.52. The average molecular weight is 484 g/mol. The Morgan fingerprint density at radius 3 is 1.83 bits per heavy atom. The third kappa shape index (κ3) is 6.91. The summed E-state index contributed by atoms with van der Waals surface area (Å²) < 4.78 is 27.1. The molecule has 0 aliphatic carbocycles. The third-order valence-electron chi connectivity index (χ3n) is 6.42. The van der Waals surface area contributed by atoms with Gasteiger partial charge in [-0.1, -0.05) is 109 Å². The van der Waals surface area contributed by atoms with E-state index in [4.69, 9.17) is 0 Å². The second-order valence-corrected chi connectivity index (χ2v) is 11.1. The molecule has 0 aliphatic rings. The number of benzene rings is 4. The molecule has 0 amide bonds. The summed E-state index contributed by atoms with van der Waals surface area (Å²) >= 11 is 0. The molecule has 0 fully saturated rings. The van der Waals surface area contributed by atoms with Gasteiger partial charge in [-0.25, -0.2) is 8.42 Å². The lowest BCUT2D eigenvalue weighted by atomic mass is 9.88. The van der Waals surface area contributed by atoms with Crippen LogP contribution in [0.4, 0.5) is 0 Å². The van der Waals surface area contributed by atoms with Gasteiger partial charge in [-0.15, -0.1) is 0 Å². The second kappa shape index (κ2) is 12.0. The molecule has 4 rings (SSSR count). The highest BCUT2D eigenvalue weighted by atomic mass is 32.2. The average Bonchev–Trinajstić information content (AvgIpc) is 2.89. The first-order valence-corrected chi connectivity index (χ1v) is 13.8. The quantitative estimate of drug-likeness (QED) is 0.247. The van der Waals surface area contributed by atoms with Crippen LogP contribution in [0.15, 0.2) is 120 Å². The predicted molar refractivity (Wildman–Crippen MR) is 144 cm³/mol. The van der Waals surface area contributed by atoms with E-state index in [1.807, 2.05) is 73.7 Å². The van der Waals surface area contributed by atoms with Gasteiger partial charge in [0.1, 0.15) is 0 Å². The minimum absolute atomic E-state index is 0.0331. The van der Waals surface area contributed by atoms with Gasteiger partial charge in [0.15, 0.2) is 9.84 Å². The van der Waals surface area contributed by atoms with E-state index in [0.717, 1.165) is 36.1 Å². The molecular formula is C31H33NO2S. The van der Waals surface area contributed by atoms with Gasteiger partial charge in [0, 0.05) is 12.0 Å². The van der Waals surface area contributed by atoms with Crippen LogP contribution >= 0.6 is 0 Å². The zero-order valence-electron chi connectivity index (χ0n) is 20.2. The maximum absolute atomic E-state index is 13.6. The lowest BCUT2D eigenvalue weighted by molar-refractivity contribution is 0.458. The van der Waals surface area contributed by atoms with Crippen LogP contribution in [0.25, 0.3) is 0 Å². The van der Waals surface area contributed by atoms with Crippen LogP contribution in [0, 0.1) is 6.92 Å². The minimum Gasteiger partial charge on any atom is -0.309 e. The number of rotatable bonds is 11. The van der Waals surface area contributed by atoms with Gasteiger partial charge in [-0.3, -0.25) is 0 Å². The molecule has 0 unspecified atom stereocenters. The van der Waals surface area contributed by atoms with E-state index in [9.17, 15) is 8.42 Å². The highest BCUT2D eigenvalue weighted by molar-refractivity contribution is 7.91. The van der Waals surface area contributed by atoms with Crippen molar-refractivity contribution in [3.63, 3.8) is 0 Å². The molecule has 35 heavy (non-hydrogen) atoms. The Balaban J connectivity index is 1.61. The van der Waals surface area contributed by atoms with Crippen LogP contribution in [0.2, 0.25) is 0 Å². The first kappa shape index (κ1) is 24.9. The summed E-state index contributed by atoms with van der Waals surface area (Å²) in [6.07, 6.45) is 1.95. The van der Waals surface area contributed by atoms with Gasteiger partial charge < -0.3 is 5.32 Å². The van der Waals surface area contributed by atoms with E-state index in [0.29, 0.717) is 4.90 Å². The van der Waals surface area contributed by atoms with E-state index >= 15 is 0 Å². The minimum atomic E-state index is -3.49. The fourth-order valence-electron chi connectivity index (χ4n) is 4.51. The highest BCUT2D eigenvalue weighted by Crippen LogP contribution is 2.34. The smallest absolute Gasteiger partial charge is 0.179 e. The molecule has 4 aromatic carbocycles. The SMILES string of the molecule is Cc1ccc(S(=O)(=O)C[C@H](c2ccccc2)[C@H](NCCCc2ccccc2)c2ccccc2)cc1. The molecule has 0 heterocycles.